The van der Waals surface area contributed by atoms with Gasteiger partial charge in [-0.25, -0.2) is 4.98 Å². The molecular formula is C15H20N4O. The fourth-order valence-electron chi connectivity index (χ4n) is 1.91. The Labute approximate surface area is 118 Å². The summed E-state index contributed by atoms with van der Waals surface area (Å²) in [7, 11) is 0. The van der Waals surface area contributed by atoms with E-state index in [2.05, 4.69) is 29.6 Å². The standard InChI is InChI=1S/C15H20N4O/c1-3-10(2)9-17-15(20)14-8-13(19-16)11-6-4-5-7-12(11)18-14/h4-8,10H,3,9,16H2,1-2H3,(H,17,20)(H,18,19). The number of nitrogen functional groups attached to an aromatic ring is 1. The summed E-state index contributed by atoms with van der Waals surface area (Å²) in [6.07, 6.45) is 1.03. The number of rotatable bonds is 5. The molecule has 0 radical (unpaired) electrons. The lowest BCUT2D eigenvalue weighted by molar-refractivity contribution is 0.0943. The molecule has 1 atom stereocenters. The summed E-state index contributed by atoms with van der Waals surface area (Å²) in [6.45, 7) is 4.84. The van der Waals surface area contributed by atoms with Crippen LogP contribution < -0.4 is 16.6 Å². The van der Waals surface area contributed by atoms with Crippen molar-refractivity contribution in [1.29, 1.82) is 0 Å². The van der Waals surface area contributed by atoms with Crippen molar-refractivity contribution in [3.05, 3.63) is 36.0 Å². The maximum Gasteiger partial charge on any atom is 0.269 e. The van der Waals surface area contributed by atoms with Crippen molar-refractivity contribution in [3.8, 4) is 0 Å². The number of nitrogens with two attached hydrogens (primary N) is 1. The van der Waals surface area contributed by atoms with Gasteiger partial charge in [-0.1, -0.05) is 38.5 Å². The third-order valence-electron chi connectivity index (χ3n) is 3.41. The van der Waals surface area contributed by atoms with Gasteiger partial charge in [0.1, 0.15) is 5.69 Å². The maximum absolute atomic E-state index is 12.1. The minimum Gasteiger partial charge on any atom is -0.350 e. The Hall–Kier alpha value is -2.14. The number of nitrogens with one attached hydrogen (secondary N) is 2. The van der Waals surface area contributed by atoms with Crippen LogP contribution in [0.2, 0.25) is 0 Å². The van der Waals surface area contributed by atoms with E-state index >= 15 is 0 Å². The number of hydrazine groups is 1. The fraction of sp³-hybridized carbons (Fsp3) is 0.333. The average Bonchev–Trinajstić information content (AvgIpc) is 2.50. The Balaban J connectivity index is 2.28. The van der Waals surface area contributed by atoms with Crippen molar-refractivity contribution in [2.75, 3.05) is 12.0 Å². The summed E-state index contributed by atoms with van der Waals surface area (Å²) in [5.74, 6) is 5.80. The molecule has 1 aromatic heterocycles. The molecule has 0 aliphatic carbocycles. The molecule has 1 amide bonds. The largest absolute Gasteiger partial charge is 0.350 e. The molecule has 4 N–H and O–H groups in total. The molecule has 0 saturated carbocycles. The van der Waals surface area contributed by atoms with Crippen LogP contribution in [0.25, 0.3) is 10.9 Å². The van der Waals surface area contributed by atoms with E-state index < -0.39 is 0 Å². The zero-order chi connectivity index (χ0) is 14.5. The monoisotopic (exact) mass is 272 g/mol. The second kappa shape index (κ2) is 6.34. The number of para-hydroxylation sites is 1. The molecule has 0 aliphatic heterocycles. The number of hydrogen-bond acceptors (Lipinski definition) is 4. The molecule has 0 saturated heterocycles. The molecule has 0 spiro atoms. The van der Waals surface area contributed by atoms with E-state index in [1.54, 1.807) is 6.07 Å². The second-order valence-corrected chi connectivity index (χ2v) is 4.94. The molecule has 0 bridgehead atoms. The van der Waals surface area contributed by atoms with Crippen LogP contribution in [-0.2, 0) is 0 Å². The molecule has 1 aromatic carbocycles. The number of aromatic nitrogens is 1. The van der Waals surface area contributed by atoms with E-state index in [1.165, 1.54) is 0 Å². The fourth-order valence-corrected chi connectivity index (χ4v) is 1.91. The number of pyridine rings is 1. The van der Waals surface area contributed by atoms with Crippen LogP contribution >= 0.6 is 0 Å². The molecule has 5 heteroatoms. The number of nitrogens with zero attached hydrogens (tertiary/aromatic N) is 1. The number of amides is 1. The van der Waals surface area contributed by atoms with Crippen LogP contribution in [0.15, 0.2) is 30.3 Å². The van der Waals surface area contributed by atoms with Gasteiger partial charge in [0.25, 0.3) is 5.91 Å². The normalized spacial score (nSPS) is 12.2. The molecule has 1 unspecified atom stereocenters. The number of carbonyl (C=O) groups is 1. The van der Waals surface area contributed by atoms with Crippen LogP contribution in [0.5, 0.6) is 0 Å². The van der Waals surface area contributed by atoms with Crippen LogP contribution in [0.3, 0.4) is 0 Å². The van der Waals surface area contributed by atoms with Crippen molar-refractivity contribution in [2.24, 2.45) is 11.8 Å². The zero-order valence-corrected chi connectivity index (χ0v) is 11.8. The SMILES string of the molecule is CCC(C)CNC(=O)c1cc(NN)c2ccccc2n1. The van der Waals surface area contributed by atoms with Crippen LogP contribution in [-0.4, -0.2) is 17.4 Å². The van der Waals surface area contributed by atoms with Gasteiger partial charge in [-0.2, -0.15) is 0 Å². The van der Waals surface area contributed by atoms with Crippen LogP contribution in [0.4, 0.5) is 5.69 Å². The molecule has 2 rings (SSSR count). The number of hydrogen-bond donors (Lipinski definition) is 3. The molecule has 2 aromatic rings. The third kappa shape index (κ3) is 3.05. The highest BCUT2D eigenvalue weighted by Crippen LogP contribution is 2.22. The minimum absolute atomic E-state index is 0.174. The van der Waals surface area contributed by atoms with Gasteiger partial charge in [-0.05, 0) is 18.1 Å². The number of carbonyl (C=O) groups excluding carboxylic acids is 1. The van der Waals surface area contributed by atoms with Crippen molar-refractivity contribution in [1.82, 2.24) is 10.3 Å². The van der Waals surface area contributed by atoms with Gasteiger partial charge in [0.05, 0.1) is 11.2 Å². The molecule has 106 valence electrons. The number of anilines is 1. The molecule has 0 fully saturated rings. The Morgan fingerprint density at radius 1 is 1.40 bits per heavy atom. The quantitative estimate of drug-likeness (QED) is 0.576. The zero-order valence-electron chi connectivity index (χ0n) is 11.8. The van der Waals surface area contributed by atoms with Crippen LogP contribution in [0, 0.1) is 5.92 Å². The summed E-state index contributed by atoms with van der Waals surface area (Å²) >= 11 is 0. The van der Waals surface area contributed by atoms with E-state index in [0.717, 1.165) is 17.3 Å². The Morgan fingerprint density at radius 3 is 2.85 bits per heavy atom. The molecule has 5 nitrogen and oxygen atoms in total. The smallest absolute Gasteiger partial charge is 0.269 e. The van der Waals surface area contributed by atoms with Crippen molar-refractivity contribution < 1.29 is 4.79 Å². The van der Waals surface area contributed by atoms with E-state index in [-0.39, 0.29) is 5.91 Å². The minimum atomic E-state index is -0.174. The molecule has 0 aliphatic rings. The van der Waals surface area contributed by atoms with Gasteiger partial charge in [0.15, 0.2) is 0 Å². The second-order valence-electron chi connectivity index (χ2n) is 4.94. The highest BCUT2D eigenvalue weighted by molar-refractivity contribution is 5.99. The summed E-state index contributed by atoms with van der Waals surface area (Å²) < 4.78 is 0. The summed E-state index contributed by atoms with van der Waals surface area (Å²) in [4.78, 5) is 16.5. The highest BCUT2D eigenvalue weighted by atomic mass is 16.1. The summed E-state index contributed by atoms with van der Waals surface area (Å²) in [5.41, 5.74) is 4.44. The van der Waals surface area contributed by atoms with Crippen molar-refractivity contribution in [3.63, 3.8) is 0 Å². The van der Waals surface area contributed by atoms with Gasteiger partial charge < -0.3 is 10.7 Å². The van der Waals surface area contributed by atoms with Crippen LogP contribution in [0.1, 0.15) is 30.8 Å². The maximum atomic E-state index is 12.1. The average molecular weight is 272 g/mol. The first-order chi connectivity index (χ1) is 9.65. The van der Waals surface area contributed by atoms with Crippen molar-refractivity contribution in [2.45, 2.75) is 20.3 Å². The number of fused-ring (bicyclic) bond motifs is 1. The highest BCUT2D eigenvalue weighted by Gasteiger charge is 2.12. The number of benzene rings is 1. The lowest BCUT2D eigenvalue weighted by Crippen LogP contribution is -2.29. The van der Waals surface area contributed by atoms with E-state index in [0.29, 0.717) is 23.8 Å². The first-order valence-electron chi connectivity index (χ1n) is 6.80. The summed E-state index contributed by atoms with van der Waals surface area (Å²) in [5, 5.41) is 3.79. The topological polar surface area (TPSA) is 80.0 Å². The predicted molar refractivity (Wildman–Crippen MR) is 81.3 cm³/mol. The van der Waals surface area contributed by atoms with Gasteiger partial charge in [-0.3, -0.25) is 10.6 Å². The Morgan fingerprint density at radius 2 is 2.15 bits per heavy atom. The van der Waals surface area contributed by atoms with E-state index in [4.69, 9.17) is 5.84 Å². The Kier molecular flexibility index (Phi) is 4.53. The van der Waals surface area contributed by atoms with Gasteiger partial charge in [-0.15, -0.1) is 0 Å². The predicted octanol–water partition coefficient (Wildman–Crippen LogP) is 2.30. The lowest BCUT2D eigenvalue weighted by atomic mass is 10.1. The van der Waals surface area contributed by atoms with E-state index in [1.807, 2.05) is 24.3 Å². The Bertz CT molecular complexity index is 612. The first-order valence-corrected chi connectivity index (χ1v) is 6.80. The van der Waals surface area contributed by atoms with Gasteiger partial charge >= 0.3 is 0 Å². The molecule has 1 heterocycles. The van der Waals surface area contributed by atoms with Gasteiger partial charge in [0, 0.05) is 11.9 Å². The van der Waals surface area contributed by atoms with E-state index in [9.17, 15) is 4.79 Å². The third-order valence-corrected chi connectivity index (χ3v) is 3.41. The summed E-state index contributed by atoms with van der Waals surface area (Å²) in [6, 6.07) is 9.25. The molecule has 20 heavy (non-hydrogen) atoms. The lowest BCUT2D eigenvalue weighted by Gasteiger charge is -2.11. The molecular weight excluding hydrogens is 252 g/mol. The van der Waals surface area contributed by atoms with Crippen molar-refractivity contribution >= 4 is 22.5 Å². The first kappa shape index (κ1) is 14.3. The van der Waals surface area contributed by atoms with Gasteiger partial charge in [0.2, 0.25) is 0 Å².